The Balaban J connectivity index is 1.87. The van der Waals surface area contributed by atoms with E-state index in [0.29, 0.717) is 10.7 Å². The van der Waals surface area contributed by atoms with Gasteiger partial charge in [-0.2, -0.15) is 0 Å². The summed E-state index contributed by atoms with van der Waals surface area (Å²) in [6.07, 6.45) is 0. The van der Waals surface area contributed by atoms with E-state index in [1.54, 1.807) is 19.1 Å². The molecule has 0 fully saturated rings. The first-order valence-electron chi connectivity index (χ1n) is 8.87. The third kappa shape index (κ3) is 2.93. The average molecular weight is 394 g/mol. The second-order valence-corrected chi connectivity index (χ2v) is 7.45. The normalized spacial score (nSPS) is 16.9. The van der Waals surface area contributed by atoms with Crippen LogP contribution in [0.4, 0.5) is 5.13 Å². The number of amides is 1. The quantitative estimate of drug-likeness (QED) is 0.675. The third-order valence-corrected chi connectivity index (χ3v) is 5.57. The molecule has 142 valence electrons. The summed E-state index contributed by atoms with van der Waals surface area (Å²) in [7, 11) is 0. The summed E-state index contributed by atoms with van der Waals surface area (Å²) in [5, 5.41) is 10.9. The summed E-state index contributed by atoms with van der Waals surface area (Å²) in [5.74, 6) is -1.96. The minimum absolute atomic E-state index is 0.0616. The molecule has 1 atom stereocenters. The van der Waals surface area contributed by atoms with E-state index in [9.17, 15) is 14.7 Å². The van der Waals surface area contributed by atoms with Crippen molar-refractivity contribution < 1.29 is 19.4 Å². The molecule has 2 aromatic carbocycles. The maximum atomic E-state index is 12.9. The van der Waals surface area contributed by atoms with Crippen molar-refractivity contribution in [3.05, 3.63) is 71.0 Å². The lowest BCUT2D eigenvalue weighted by Gasteiger charge is -2.24. The van der Waals surface area contributed by atoms with Crippen molar-refractivity contribution in [1.82, 2.24) is 4.98 Å². The SMILES string of the molecule is CCOC(=O)C1=C(O)C(=O)N(c2nc3ccc(C)cc3s2)C1c1ccccc1. The fraction of sp³-hybridized carbons (Fsp3) is 0.190. The van der Waals surface area contributed by atoms with Crippen LogP contribution in [-0.2, 0) is 14.3 Å². The van der Waals surface area contributed by atoms with Gasteiger partial charge >= 0.3 is 5.97 Å². The van der Waals surface area contributed by atoms with Gasteiger partial charge in [-0.25, -0.2) is 9.78 Å². The van der Waals surface area contributed by atoms with E-state index in [4.69, 9.17) is 4.74 Å². The largest absolute Gasteiger partial charge is 0.503 e. The molecule has 3 aromatic rings. The summed E-state index contributed by atoms with van der Waals surface area (Å²) >= 11 is 1.34. The van der Waals surface area contributed by atoms with Gasteiger partial charge in [0, 0.05) is 0 Å². The molecule has 4 rings (SSSR count). The van der Waals surface area contributed by atoms with E-state index >= 15 is 0 Å². The van der Waals surface area contributed by atoms with Gasteiger partial charge in [-0.05, 0) is 37.1 Å². The van der Waals surface area contributed by atoms with Crippen LogP contribution < -0.4 is 4.90 Å². The number of aromatic nitrogens is 1. The molecular weight excluding hydrogens is 376 g/mol. The Labute approximate surface area is 165 Å². The zero-order valence-electron chi connectivity index (χ0n) is 15.4. The van der Waals surface area contributed by atoms with Gasteiger partial charge in [0.05, 0.1) is 16.8 Å². The molecule has 0 saturated heterocycles. The summed E-state index contributed by atoms with van der Waals surface area (Å²) in [4.78, 5) is 31.4. The molecular formula is C21H18N2O4S. The van der Waals surface area contributed by atoms with Crippen molar-refractivity contribution in [3.63, 3.8) is 0 Å². The van der Waals surface area contributed by atoms with E-state index in [-0.39, 0.29) is 12.2 Å². The highest BCUT2D eigenvalue weighted by molar-refractivity contribution is 7.22. The number of nitrogens with zero attached hydrogens (tertiary/aromatic N) is 2. The number of aryl methyl sites for hydroxylation is 1. The van der Waals surface area contributed by atoms with E-state index in [2.05, 4.69) is 4.98 Å². The molecule has 1 N–H and O–H groups in total. The Kier molecular flexibility index (Phi) is 4.60. The Morgan fingerprint density at radius 2 is 2.00 bits per heavy atom. The van der Waals surface area contributed by atoms with Crippen LogP contribution in [0.2, 0.25) is 0 Å². The monoisotopic (exact) mass is 394 g/mol. The molecule has 0 saturated carbocycles. The molecule has 1 unspecified atom stereocenters. The lowest BCUT2D eigenvalue weighted by atomic mass is 10.00. The molecule has 0 spiro atoms. The number of hydrogen-bond acceptors (Lipinski definition) is 6. The van der Waals surface area contributed by atoms with Crippen LogP contribution in [-0.4, -0.2) is 28.6 Å². The number of rotatable bonds is 4. The second-order valence-electron chi connectivity index (χ2n) is 6.44. The number of aliphatic hydroxyl groups excluding tert-OH is 1. The maximum absolute atomic E-state index is 12.9. The third-order valence-electron chi connectivity index (χ3n) is 4.56. The van der Waals surface area contributed by atoms with Crippen molar-refractivity contribution in [2.75, 3.05) is 11.5 Å². The smallest absolute Gasteiger partial charge is 0.340 e. The molecule has 7 heteroatoms. The maximum Gasteiger partial charge on any atom is 0.340 e. The molecule has 0 bridgehead atoms. The number of ether oxygens (including phenoxy) is 1. The van der Waals surface area contributed by atoms with Gasteiger partial charge in [-0.1, -0.05) is 47.7 Å². The summed E-state index contributed by atoms with van der Waals surface area (Å²) in [6.45, 7) is 3.81. The zero-order valence-corrected chi connectivity index (χ0v) is 16.2. The molecule has 0 radical (unpaired) electrons. The molecule has 1 aliphatic rings. The average Bonchev–Trinajstić information content (AvgIpc) is 3.21. The number of carbonyl (C=O) groups excluding carboxylic acids is 2. The van der Waals surface area contributed by atoms with Crippen molar-refractivity contribution in [2.45, 2.75) is 19.9 Å². The summed E-state index contributed by atoms with van der Waals surface area (Å²) in [5.41, 5.74) is 2.48. The van der Waals surface area contributed by atoms with Crippen LogP contribution in [0, 0.1) is 6.92 Å². The number of aliphatic hydroxyl groups is 1. The minimum atomic E-state index is -0.797. The predicted octanol–water partition coefficient (Wildman–Crippen LogP) is 4.07. The van der Waals surface area contributed by atoms with Gasteiger partial charge in [0.2, 0.25) is 0 Å². The Morgan fingerprint density at radius 1 is 1.25 bits per heavy atom. The van der Waals surface area contributed by atoms with Gasteiger partial charge in [-0.3, -0.25) is 9.69 Å². The molecule has 1 amide bonds. The highest BCUT2D eigenvalue weighted by Gasteiger charge is 2.46. The molecule has 2 heterocycles. The first-order valence-corrected chi connectivity index (χ1v) is 9.69. The fourth-order valence-electron chi connectivity index (χ4n) is 3.29. The Morgan fingerprint density at radius 3 is 2.71 bits per heavy atom. The first-order chi connectivity index (χ1) is 13.5. The van der Waals surface area contributed by atoms with E-state index in [1.165, 1.54) is 16.2 Å². The van der Waals surface area contributed by atoms with Crippen LogP contribution in [0.15, 0.2) is 59.9 Å². The number of carbonyl (C=O) groups is 2. The highest BCUT2D eigenvalue weighted by atomic mass is 32.1. The number of fused-ring (bicyclic) bond motifs is 1. The molecule has 1 aromatic heterocycles. The summed E-state index contributed by atoms with van der Waals surface area (Å²) in [6, 6.07) is 14.1. The first kappa shape index (κ1) is 18.2. The standard InChI is InChI=1S/C21H18N2O4S/c1-3-27-20(26)16-17(13-7-5-4-6-8-13)23(19(25)18(16)24)21-22-14-10-9-12(2)11-15(14)28-21/h4-11,17,24H,3H2,1-2H3. The lowest BCUT2D eigenvalue weighted by molar-refractivity contribution is -0.139. The van der Waals surface area contributed by atoms with Gasteiger partial charge in [-0.15, -0.1) is 0 Å². The number of benzene rings is 2. The van der Waals surface area contributed by atoms with E-state index < -0.39 is 23.7 Å². The topological polar surface area (TPSA) is 79.7 Å². The van der Waals surface area contributed by atoms with Crippen LogP contribution in [0.5, 0.6) is 0 Å². The number of esters is 1. The lowest BCUT2D eigenvalue weighted by Crippen LogP contribution is -2.31. The molecule has 28 heavy (non-hydrogen) atoms. The minimum Gasteiger partial charge on any atom is -0.503 e. The van der Waals surface area contributed by atoms with E-state index in [1.807, 2.05) is 43.3 Å². The fourth-order valence-corrected chi connectivity index (χ4v) is 4.38. The van der Waals surface area contributed by atoms with Gasteiger partial charge in [0.15, 0.2) is 10.9 Å². The van der Waals surface area contributed by atoms with Crippen LogP contribution in [0.3, 0.4) is 0 Å². The van der Waals surface area contributed by atoms with Crippen LogP contribution >= 0.6 is 11.3 Å². The van der Waals surface area contributed by atoms with Crippen molar-refractivity contribution in [1.29, 1.82) is 0 Å². The van der Waals surface area contributed by atoms with E-state index in [0.717, 1.165) is 15.8 Å². The molecule has 0 aliphatic carbocycles. The zero-order chi connectivity index (χ0) is 19.8. The molecule has 1 aliphatic heterocycles. The van der Waals surface area contributed by atoms with Crippen LogP contribution in [0.1, 0.15) is 24.1 Å². The van der Waals surface area contributed by atoms with Crippen molar-refractivity contribution in [2.24, 2.45) is 0 Å². The number of hydrogen-bond donors (Lipinski definition) is 1. The molecule has 6 nitrogen and oxygen atoms in total. The van der Waals surface area contributed by atoms with Crippen molar-refractivity contribution >= 4 is 38.6 Å². The van der Waals surface area contributed by atoms with Gasteiger partial charge in [0.1, 0.15) is 11.6 Å². The van der Waals surface area contributed by atoms with Gasteiger partial charge < -0.3 is 9.84 Å². The highest BCUT2D eigenvalue weighted by Crippen LogP contribution is 2.43. The Bertz CT molecular complexity index is 1100. The Hall–Kier alpha value is -3.19. The number of thiazole rings is 1. The number of anilines is 1. The summed E-state index contributed by atoms with van der Waals surface area (Å²) < 4.78 is 6.03. The predicted molar refractivity (Wildman–Crippen MR) is 107 cm³/mol. The second kappa shape index (κ2) is 7.09. The van der Waals surface area contributed by atoms with Crippen molar-refractivity contribution in [3.8, 4) is 0 Å². The van der Waals surface area contributed by atoms with Crippen LogP contribution in [0.25, 0.3) is 10.2 Å². The van der Waals surface area contributed by atoms with Gasteiger partial charge in [0.25, 0.3) is 5.91 Å².